The molecule has 2 unspecified atom stereocenters. The molecular weight excluding hydrogens is 248 g/mol. The Labute approximate surface area is 113 Å². The number of hydrogen-bond donors (Lipinski definition) is 1. The third-order valence-corrected chi connectivity index (χ3v) is 4.06. The Morgan fingerprint density at radius 3 is 2.74 bits per heavy atom. The smallest absolute Gasteiger partial charge is 0.329 e. The van der Waals surface area contributed by atoms with Gasteiger partial charge in [-0.1, -0.05) is 0 Å². The Bertz CT molecular complexity index is 374. The van der Waals surface area contributed by atoms with Crippen molar-refractivity contribution in [3.05, 3.63) is 0 Å². The van der Waals surface area contributed by atoms with Crippen LogP contribution in [0.25, 0.3) is 0 Å². The van der Waals surface area contributed by atoms with E-state index in [2.05, 4.69) is 0 Å². The largest absolute Gasteiger partial charge is 0.480 e. The number of rotatable bonds is 1. The van der Waals surface area contributed by atoms with Gasteiger partial charge in [0.25, 0.3) is 0 Å². The number of ether oxygens (including phenoxy) is 1. The fourth-order valence-electron chi connectivity index (χ4n) is 2.83. The predicted octanol–water partition coefficient (Wildman–Crippen LogP) is 1.16. The molecule has 0 bridgehead atoms. The van der Waals surface area contributed by atoms with Gasteiger partial charge >= 0.3 is 12.0 Å². The molecule has 2 amide bonds. The third-order valence-electron chi connectivity index (χ3n) is 4.06. The lowest BCUT2D eigenvalue weighted by Crippen LogP contribution is -2.55. The normalized spacial score (nSPS) is 32.2. The highest BCUT2D eigenvalue weighted by Gasteiger charge is 2.47. The molecule has 19 heavy (non-hydrogen) atoms. The standard InChI is InChI=1S/C13H22N2O4/c1-10-9-14(6-4-8-19-10)12(18)15-7-3-5-13(15,2)11(16)17/h10H,3-9H2,1-2H3,(H,16,17). The van der Waals surface area contributed by atoms with Gasteiger partial charge in [0.2, 0.25) is 0 Å². The fraction of sp³-hybridized carbons (Fsp3) is 0.846. The molecule has 2 aliphatic heterocycles. The molecular formula is C13H22N2O4. The van der Waals surface area contributed by atoms with Crippen molar-refractivity contribution in [3.63, 3.8) is 0 Å². The Hall–Kier alpha value is -1.30. The van der Waals surface area contributed by atoms with E-state index in [1.165, 1.54) is 4.90 Å². The van der Waals surface area contributed by atoms with Crippen LogP contribution in [-0.2, 0) is 9.53 Å². The quantitative estimate of drug-likeness (QED) is 0.776. The number of carboxylic acid groups (broad SMARTS) is 1. The van der Waals surface area contributed by atoms with Crippen molar-refractivity contribution in [1.82, 2.24) is 9.80 Å². The second-order valence-corrected chi connectivity index (χ2v) is 5.60. The molecule has 0 aromatic heterocycles. The molecule has 108 valence electrons. The summed E-state index contributed by atoms with van der Waals surface area (Å²) < 4.78 is 5.52. The molecule has 2 rings (SSSR count). The van der Waals surface area contributed by atoms with Crippen LogP contribution in [0.15, 0.2) is 0 Å². The van der Waals surface area contributed by atoms with Crippen molar-refractivity contribution in [2.24, 2.45) is 0 Å². The molecule has 0 aromatic rings. The number of urea groups is 1. The van der Waals surface area contributed by atoms with Crippen molar-refractivity contribution in [1.29, 1.82) is 0 Å². The zero-order chi connectivity index (χ0) is 14.0. The van der Waals surface area contributed by atoms with Gasteiger partial charge in [0.05, 0.1) is 6.10 Å². The van der Waals surface area contributed by atoms with Crippen molar-refractivity contribution < 1.29 is 19.4 Å². The molecule has 0 radical (unpaired) electrons. The molecule has 1 N–H and O–H groups in total. The van der Waals surface area contributed by atoms with Gasteiger partial charge in [-0.25, -0.2) is 9.59 Å². The van der Waals surface area contributed by atoms with E-state index < -0.39 is 11.5 Å². The van der Waals surface area contributed by atoms with E-state index in [-0.39, 0.29) is 12.1 Å². The molecule has 2 heterocycles. The Kier molecular flexibility index (Phi) is 3.99. The first kappa shape index (κ1) is 14.1. The number of amides is 2. The summed E-state index contributed by atoms with van der Waals surface area (Å²) in [6.45, 7) is 5.92. The summed E-state index contributed by atoms with van der Waals surface area (Å²) in [4.78, 5) is 27.2. The molecule has 0 spiro atoms. The van der Waals surface area contributed by atoms with Gasteiger partial charge in [-0.2, -0.15) is 0 Å². The van der Waals surface area contributed by atoms with Gasteiger partial charge in [-0.3, -0.25) is 0 Å². The number of hydrogen-bond acceptors (Lipinski definition) is 3. The highest BCUT2D eigenvalue weighted by Crippen LogP contribution is 2.30. The highest BCUT2D eigenvalue weighted by molar-refractivity contribution is 5.86. The van der Waals surface area contributed by atoms with Crippen molar-refractivity contribution in [2.45, 2.75) is 44.8 Å². The number of aliphatic carboxylic acids is 1. The topological polar surface area (TPSA) is 70.1 Å². The Morgan fingerprint density at radius 1 is 1.32 bits per heavy atom. The zero-order valence-electron chi connectivity index (χ0n) is 11.6. The van der Waals surface area contributed by atoms with E-state index in [0.717, 1.165) is 12.8 Å². The van der Waals surface area contributed by atoms with Gasteiger partial charge < -0.3 is 19.6 Å². The Balaban J connectivity index is 2.12. The summed E-state index contributed by atoms with van der Waals surface area (Å²) in [5.41, 5.74) is -1.06. The van der Waals surface area contributed by atoms with Gasteiger partial charge in [0, 0.05) is 26.2 Å². The van der Waals surface area contributed by atoms with E-state index in [1.807, 2.05) is 6.92 Å². The summed E-state index contributed by atoms with van der Waals surface area (Å²) >= 11 is 0. The summed E-state index contributed by atoms with van der Waals surface area (Å²) in [5, 5.41) is 9.36. The molecule has 6 nitrogen and oxygen atoms in total. The van der Waals surface area contributed by atoms with E-state index in [0.29, 0.717) is 32.7 Å². The van der Waals surface area contributed by atoms with Crippen LogP contribution in [-0.4, -0.2) is 64.8 Å². The molecule has 2 aliphatic rings. The van der Waals surface area contributed by atoms with E-state index in [1.54, 1.807) is 11.8 Å². The third kappa shape index (κ3) is 2.68. The average Bonchev–Trinajstić information content (AvgIpc) is 2.62. The van der Waals surface area contributed by atoms with Gasteiger partial charge in [0.15, 0.2) is 0 Å². The number of nitrogens with zero attached hydrogens (tertiary/aromatic N) is 2. The molecule has 0 aliphatic carbocycles. The van der Waals surface area contributed by atoms with E-state index >= 15 is 0 Å². The van der Waals surface area contributed by atoms with E-state index in [9.17, 15) is 14.7 Å². The molecule has 6 heteroatoms. The lowest BCUT2D eigenvalue weighted by Gasteiger charge is -2.35. The summed E-state index contributed by atoms with van der Waals surface area (Å²) in [6, 6.07) is -0.167. The van der Waals surface area contributed by atoms with Crippen LogP contribution in [0.2, 0.25) is 0 Å². The Morgan fingerprint density at radius 2 is 2.05 bits per heavy atom. The first-order valence-corrected chi connectivity index (χ1v) is 6.86. The molecule has 2 fully saturated rings. The average molecular weight is 270 g/mol. The maximum absolute atomic E-state index is 12.6. The highest BCUT2D eigenvalue weighted by atomic mass is 16.5. The predicted molar refractivity (Wildman–Crippen MR) is 69.0 cm³/mol. The maximum atomic E-state index is 12.6. The molecule has 2 saturated heterocycles. The maximum Gasteiger partial charge on any atom is 0.329 e. The molecule has 2 atom stereocenters. The van der Waals surface area contributed by atoms with Gasteiger partial charge in [0.1, 0.15) is 5.54 Å². The number of carbonyl (C=O) groups is 2. The second-order valence-electron chi connectivity index (χ2n) is 5.60. The molecule has 0 aromatic carbocycles. The van der Waals surface area contributed by atoms with Crippen molar-refractivity contribution >= 4 is 12.0 Å². The SMILES string of the molecule is CC1CN(C(=O)N2CCCC2(C)C(=O)O)CCCO1. The first-order chi connectivity index (χ1) is 8.95. The van der Waals surface area contributed by atoms with Crippen molar-refractivity contribution in [2.75, 3.05) is 26.2 Å². The van der Waals surface area contributed by atoms with Crippen LogP contribution < -0.4 is 0 Å². The minimum Gasteiger partial charge on any atom is -0.480 e. The van der Waals surface area contributed by atoms with Crippen LogP contribution >= 0.6 is 0 Å². The number of carbonyl (C=O) groups excluding carboxylic acids is 1. The van der Waals surface area contributed by atoms with Crippen LogP contribution in [0.3, 0.4) is 0 Å². The number of carboxylic acids is 1. The minimum atomic E-state index is -1.06. The summed E-state index contributed by atoms with van der Waals surface area (Å²) in [7, 11) is 0. The first-order valence-electron chi connectivity index (χ1n) is 6.86. The van der Waals surface area contributed by atoms with Crippen LogP contribution in [0, 0.1) is 0 Å². The van der Waals surface area contributed by atoms with Crippen molar-refractivity contribution in [3.8, 4) is 0 Å². The van der Waals surface area contributed by atoms with Crippen LogP contribution in [0.4, 0.5) is 4.79 Å². The number of likely N-dealkylation sites (tertiary alicyclic amines) is 1. The van der Waals surface area contributed by atoms with Gasteiger partial charge in [-0.05, 0) is 33.1 Å². The van der Waals surface area contributed by atoms with Crippen LogP contribution in [0.5, 0.6) is 0 Å². The van der Waals surface area contributed by atoms with E-state index in [4.69, 9.17) is 4.74 Å². The monoisotopic (exact) mass is 270 g/mol. The lowest BCUT2D eigenvalue weighted by atomic mass is 10.00. The van der Waals surface area contributed by atoms with Gasteiger partial charge in [-0.15, -0.1) is 0 Å². The zero-order valence-corrected chi connectivity index (χ0v) is 11.6. The minimum absolute atomic E-state index is 0.00476. The lowest BCUT2D eigenvalue weighted by molar-refractivity contribution is -0.147. The fourth-order valence-corrected chi connectivity index (χ4v) is 2.83. The molecule has 0 saturated carbocycles. The van der Waals surface area contributed by atoms with Crippen LogP contribution in [0.1, 0.15) is 33.1 Å². The second kappa shape index (κ2) is 5.36. The summed E-state index contributed by atoms with van der Waals surface area (Å²) in [6.07, 6.45) is 2.07. The summed E-state index contributed by atoms with van der Waals surface area (Å²) in [5.74, 6) is -0.919.